The summed E-state index contributed by atoms with van der Waals surface area (Å²) in [6.45, 7) is 2.42. The topological polar surface area (TPSA) is 126 Å². The molecule has 0 radical (unpaired) electrons. The number of aromatic amines is 1. The summed E-state index contributed by atoms with van der Waals surface area (Å²) in [4.78, 5) is 42.5. The lowest BCUT2D eigenvalue weighted by Gasteiger charge is -2.25. The van der Waals surface area contributed by atoms with Gasteiger partial charge in [-0.3, -0.25) is 19.7 Å². The molecule has 0 bridgehead atoms. The maximum Gasteiger partial charge on any atom is 0.295 e. The number of H-pyrrole nitrogens is 1. The lowest BCUT2D eigenvalue weighted by atomic mass is 9.94. The first-order valence-corrected chi connectivity index (χ1v) is 12.2. The highest BCUT2D eigenvalue weighted by molar-refractivity contribution is 6.46. The van der Waals surface area contributed by atoms with Gasteiger partial charge in [-0.1, -0.05) is 30.3 Å². The molecule has 3 aromatic carbocycles. The van der Waals surface area contributed by atoms with Crippen LogP contribution < -0.4 is 4.74 Å². The van der Waals surface area contributed by atoms with Crippen molar-refractivity contribution in [3.63, 3.8) is 0 Å². The van der Waals surface area contributed by atoms with Gasteiger partial charge in [0.05, 0.1) is 28.7 Å². The van der Waals surface area contributed by atoms with Crippen LogP contribution in [0.4, 0.5) is 5.69 Å². The molecule has 1 atom stereocenters. The standard InChI is InChI=1S/C29H25N3O6/c1-2-38-20-13-11-18(12-14-20)27(33)25-26(22-8-4-6-10-24(22)32(36)37)31(29(35)28(25)34)16-15-19-17-30-23-9-5-3-7-21(19)23/h3-14,17,26,30,33H,2,15-16H2,1H3/t26-/m0/s1. The lowest BCUT2D eigenvalue weighted by molar-refractivity contribution is -0.385. The predicted molar refractivity (Wildman–Crippen MR) is 142 cm³/mol. The van der Waals surface area contributed by atoms with Crippen LogP contribution in [0.1, 0.15) is 29.7 Å². The van der Waals surface area contributed by atoms with Crippen LogP contribution in [0, 0.1) is 10.1 Å². The summed E-state index contributed by atoms with van der Waals surface area (Å²) < 4.78 is 5.45. The molecule has 1 saturated heterocycles. The largest absolute Gasteiger partial charge is 0.507 e. The van der Waals surface area contributed by atoms with E-state index in [1.807, 2.05) is 37.4 Å². The summed E-state index contributed by atoms with van der Waals surface area (Å²) in [5.41, 5.74) is 1.90. The van der Waals surface area contributed by atoms with Gasteiger partial charge in [-0.15, -0.1) is 0 Å². The average molecular weight is 512 g/mol. The van der Waals surface area contributed by atoms with Gasteiger partial charge in [-0.2, -0.15) is 0 Å². The van der Waals surface area contributed by atoms with Gasteiger partial charge in [-0.25, -0.2) is 0 Å². The maximum atomic E-state index is 13.3. The lowest BCUT2D eigenvalue weighted by Crippen LogP contribution is -2.32. The number of hydrogen-bond acceptors (Lipinski definition) is 6. The number of nitrogens with one attached hydrogen (secondary N) is 1. The number of para-hydroxylation sites is 2. The van der Waals surface area contributed by atoms with Crippen LogP contribution in [0.3, 0.4) is 0 Å². The van der Waals surface area contributed by atoms with Crippen LogP contribution in [-0.2, 0) is 16.0 Å². The van der Waals surface area contributed by atoms with E-state index in [1.54, 1.807) is 30.3 Å². The number of amides is 1. The highest BCUT2D eigenvalue weighted by atomic mass is 16.6. The fraction of sp³-hybridized carbons (Fsp3) is 0.172. The van der Waals surface area contributed by atoms with E-state index in [9.17, 15) is 24.8 Å². The van der Waals surface area contributed by atoms with Gasteiger partial charge >= 0.3 is 0 Å². The van der Waals surface area contributed by atoms with Crippen LogP contribution in [0.5, 0.6) is 5.75 Å². The summed E-state index contributed by atoms with van der Waals surface area (Å²) in [6.07, 6.45) is 2.25. The molecule has 9 nitrogen and oxygen atoms in total. The fourth-order valence-electron chi connectivity index (χ4n) is 4.93. The summed E-state index contributed by atoms with van der Waals surface area (Å²) in [5.74, 6) is -1.53. The Bertz CT molecular complexity index is 1570. The minimum absolute atomic E-state index is 0.114. The first-order valence-electron chi connectivity index (χ1n) is 12.2. The van der Waals surface area contributed by atoms with Gasteiger partial charge in [-0.05, 0) is 55.3 Å². The highest BCUT2D eigenvalue weighted by Gasteiger charge is 2.47. The molecule has 0 saturated carbocycles. The number of benzene rings is 3. The van der Waals surface area contributed by atoms with E-state index in [0.29, 0.717) is 24.3 Å². The van der Waals surface area contributed by atoms with Crippen molar-refractivity contribution >= 4 is 34.0 Å². The summed E-state index contributed by atoms with van der Waals surface area (Å²) >= 11 is 0. The smallest absolute Gasteiger partial charge is 0.295 e. The van der Waals surface area contributed by atoms with Crippen LogP contribution in [0.2, 0.25) is 0 Å². The van der Waals surface area contributed by atoms with E-state index in [0.717, 1.165) is 16.5 Å². The number of aliphatic hydroxyl groups excluding tert-OH is 1. The van der Waals surface area contributed by atoms with Crippen molar-refractivity contribution in [2.75, 3.05) is 13.2 Å². The second kappa shape index (κ2) is 10.2. The number of nitro benzene ring substituents is 1. The molecule has 0 aliphatic carbocycles. The minimum atomic E-state index is -1.13. The molecular formula is C29H25N3O6. The van der Waals surface area contributed by atoms with Crippen LogP contribution in [0.25, 0.3) is 16.7 Å². The van der Waals surface area contributed by atoms with E-state index < -0.39 is 28.4 Å². The second-order valence-corrected chi connectivity index (χ2v) is 8.88. The van der Waals surface area contributed by atoms with Crippen LogP contribution >= 0.6 is 0 Å². The third-order valence-electron chi connectivity index (χ3n) is 6.70. The summed E-state index contributed by atoms with van der Waals surface area (Å²) in [7, 11) is 0. The molecule has 1 aliphatic heterocycles. The molecule has 0 unspecified atom stereocenters. The molecule has 1 aliphatic rings. The number of carbonyl (C=O) groups excluding carboxylic acids is 2. The van der Waals surface area contributed by atoms with Crippen molar-refractivity contribution in [3.8, 4) is 5.75 Å². The Morgan fingerprint density at radius 3 is 2.50 bits per heavy atom. The van der Waals surface area contributed by atoms with Gasteiger partial charge < -0.3 is 19.7 Å². The number of rotatable bonds is 8. The molecule has 0 spiro atoms. The number of ketones is 1. The Labute approximate surface area is 218 Å². The average Bonchev–Trinajstić information content (AvgIpc) is 3.45. The zero-order valence-corrected chi connectivity index (χ0v) is 20.6. The van der Waals surface area contributed by atoms with Gasteiger partial charge in [0, 0.05) is 35.3 Å². The Kier molecular flexibility index (Phi) is 6.66. The first kappa shape index (κ1) is 24.8. The predicted octanol–water partition coefficient (Wildman–Crippen LogP) is 5.14. The van der Waals surface area contributed by atoms with Crippen molar-refractivity contribution < 1.29 is 24.4 Å². The van der Waals surface area contributed by atoms with Crippen molar-refractivity contribution in [1.29, 1.82) is 0 Å². The Hall–Kier alpha value is -4.92. The number of hydrogen-bond donors (Lipinski definition) is 2. The SMILES string of the molecule is CCOc1ccc(C(O)=C2C(=O)C(=O)N(CCc3c[nH]c4ccccc34)[C@H]2c2ccccc2[N+](=O)[O-])cc1. The molecule has 4 aromatic rings. The molecule has 2 heterocycles. The minimum Gasteiger partial charge on any atom is -0.507 e. The molecular weight excluding hydrogens is 486 g/mol. The van der Waals surface area contributed by atoms with Gasteiger partial charge in [0.25, 0.3) is 17.4 Å². The van der Waals surface area contributed by atoms with Crippen molar-refractivity contribution in [2.24, 2.45) is 0 Å². The summed E-state index contributed by atoms with van der Waals surface area (Å²) in [6, 6.07) is 19.0. The monoisotopic (exact) mass is 511 g/mol. The zero-order valence-electron chi connectivity index (χ0n) is 20.6. The molecule has 1 fully saturated rings. The van der Waals surface area contributed by atoms with E-state index in [4.69, 9.17) is 4.74 Å². The maximum absolute atomic E-state index is 13.3. The summed E-state index contributed by atoms with van der Waals surface area (Å²) in [5, 5.41) is 24.2. The van der Waals surface area contributed by atoms with Crippen molar-refractivity contribution in [2.45, 2.75) is 19.4 Å². The molecule has 192 valence electrons. The van der Waals surface area contributed by atoms with E-state index >= 15 is 0 Å². The number of aromatic nitrogens is 1. The number of Topliss-reactive ketones (excluding diaryl/α,β-unsaturated/α-hetero) is 1. The third-order valence-corrected chi connectivity index (χ3v) is 6.70. The van der Waals surface area contributed by atoms with Crippen LogP contribution in [-0.4, -0.2) is 44.8 Å². The number of likely N-dealkylation sites (tertiary alicyclic amines) is 1. The highest BCUT2D eigenvalue weighted by Crippen LogP contribution is 2.42. The number of nitro groups is 1. The van der Waals surface area contributed by atoms with E-state index in [-0.39, 0.29) is 23.4 Å². The Morgan fingerprint density at radius 1 is 1.05 bits per heavy atom. The molecule has 5 rings (SSSR count). The number of carbonyl (C=O) groups is 2. The number of nitrogens with zero attached hydrogens (tertiary/aromatic N) is 2. The third kappa shape index (κ3) is 4.39. The normalized spacial score (nSPS) is 16.8. The van der Waals surface area contributed by atoms with Gasteiger partial charge in [0.15, 0.2) is 0 Å². The molecule has 1 amide bonds. The number of aliphatic hydroxyl groups is 1. The zero-order chi connectivity index (χ0) is 26.8. The van der Waals surface area contributed by atoms with Crippen molar-refractivity contribution in [1.82, 2.24) is 9.88 Å². The second-order valence-electron chi connectivity index (χ2n) is 8.88. The van der Waals surface area contributed by atoms with Gasteiger partial charge in [0.1, 0.15) is 11.5 Å². The van der Waals surface area contributed by atoms with E-state index in [2.05, 4.69) is 4.98 Å². The molecule has 9 heteroatoms. The van der Waals surface area contributed by atoms with Crippen LogP contribution in [0.15, 0.2) is 84.6 Å². The molecule has 38 heavy (non-hydrogen) atoms. The quantitative estimate of drug-likeness (QED) is 0.111. The van der Waals surface area contributed by atoms with Crippen molar-refractivity contribution in [3.05, 3.63) is 111 Å². The number of ether oxygens (including phenoxy) is 1. The van der Waals surface area contributed by atoms with Gasteiger partial charge in [0.2, 0.25) is 0 Å². The first-order chi connectivity index (χ1) is 18.4. The molecule has 2 N–H and O–H groups in total. The number of fused-ring (bicyclic) bond motifs is 1. The Morgan fingerprint density at radius 2 is 1.76 bits per heavy atom. The molecule has 1 aromatic heterocycles. The Balaban J connectivity index is 1.59. The fourth-order valence-corrected chi connectivity index (χ4v) is 4.93. The van der Waals surface area contributed by atoms with E-state index in [1.165, 1.54) is 23.1 Å².